The van der Waals surface area contributed by atoms with Gasteiger partial charge in [-0.3, -0.25) is 0 Å². The Bertz CT molecular complexity index is 954. The van der Waals surface area contributed by atoms with Crippen molar-refractivity contribution in [2.24, 2.45) is 5.92 Å². The monoisotopic (exact) mass is 387 g/mol. The summed E-state index contributed by atoms with van der Waals surface area (Å²) in [4.78, 5) is 9.40. The van der Waals surface area contributed by atoms with Gasteiger partial charge in [-0.25, -0.2) is 9.97 Å². The minimum absolute atomic E-state index is 0.0637. The van der Waals surface area contributed by atoms with Crippen LogP contribution in [0.1, 0.15) is 30.3 Å². The van der Waals surface area contributed by atoms with Crippen LogP contribution in [0, 0.1) is 5.92 Å². The van der Waals surface area contributed by atoms with E-state index in [4.69, 9.17) is 0 Å². The predicted molar refractivity (Wildman–Crippen MR) is 101 cm³/mol. The van der Waals surface area contributed by atoms with Gasteiger partial charge in [-0.1, -0.05) is 42.5 Å². The Morgan fingerprint density at radius 1 is 0.929 bits per heavy atom. The average molecular weight is 387 g/mol. The summed E-state index contributed by atoms with van der Waals surface area (Å²) >= 11 is 0. The van der Waals surface area contributed by atoms with Gasteiger partial charge in [0, 0.05) is 18.5 Å². The third-order valence-corrected chi connectivity index (χ3v) is 5.26. The maximum Gasteiger partial charge on any atom is 0.451 e. The van der Waals surface area contributed by atoms with Gasteiger partial charge in [-0.2, -0.15) is 13.2 Å². The van der Waals surface area contributed by atoms with E-state index >= 15 is 0 Å². The van der Waals surface area contributed by atoms with Crippen LogP contribution in [0.4, 0.5) is 19.0 Å². The fourth-order valence-corrected chi connectivity index (χ4v) is 3.78. The smallest absolute Gasteiger partial charge is 0.388 e. The summed E-state index contributed by atoms with van der Waals surface area (Å²) in [7, 11) is 0. The van der Waals surface area contributed by atoms with E-state index < -0.39 is 18.1 Å². The fraction of sp³-hybridized carbons (Fsp3) is 0.333. The molecule has 2 aromatic carbocycles. The SMILES string of the molecule is O[C@H](c1ccccc1)C1CCN(c2nc(C(F)(F)F)nc3ccccc23)CC1. The molecule has 28 heavy (non-hydrogen) atoms. The molecule has 7 heteroatoms. The molecule has 146 valence electrons. The predicted octanol–water partition coefficient (Wildman–Crippen LogP) is 4.60. The van der Waals surface area contributed by atoms with Crippen molar-refractivity contribution >= 4 is 16.7 Å². The van der Waals surface area contributed by atoms with Crippen LogP contribution in [-0.2, 0) is 6.18 Å². The molecule has 0 aliphatic carbocycles. The lowest BCUT2D eigenvalue weighted by Gasteiger charge is -2.35. The van der Waals surface area contributed by atoms with Crippen LogP contribution in [-0.4, -0.2) is 28.2 Å². The third kappa shape index (κ3) is 3.67. The summed E-state index contributed by atoms with van der Waals surface area (Å²) in [6.45, 7) is 1.07. The number of rotatable bonds is 3. The molecule has 4 rings (SSSR count). The van der Waals surface area contributed by atoms with Crippen LogP contribution in [0.2, 0.25) is 0 Å². The van der Waals surface area contributed by atoms with E-state index in [0.29, 0.717) is 37.1 Å². The molecule has 0 unspecified atom stereocenters. The van der Waals surface area contributed by atoms with Gasteiger partial charge in [0.1, 0.15) is 5.82 Å². The average Bonchev–Trinajstić information content (AvgIpc) is 2.72. The standard InChI is InChI=1S/C21H20F3N3O/c22-21(23,24)20-25-17-9-5-4-8-16(17)19(26-20)27-12-10-15(11-13-27)18(28)14-6-2-1-3-7-14/h1-9,15,18,28H,10-13H2/t18-/m1/s1. The zero-order valence-electron chi connectivity index (χ0n) is 15.1. The van der Waals surface area contributed by atoms with Gasteiger partial charge in [0.05, 0.1) is 11.6 Å². The maximum absolute atomic E-state index is 13.2. The van der Waals surface area contributed by atoms with E-state index in [2.05, 4.69) is 9.97 Å². The van der Waals surface area contributed by atoms with Gasteiger partial charge in [-0.05, 0) is 36.5 Å². The van der Waals surface area contributed by atoms with Crippen molar-refractivity contribution in [3.05, 3.63) is 66.0 Å². The molecule has 1 saturated heterocycles. The Kier molecular flexibility index (Phi) is 4.93. The summed E-state index contributed by atoms with van der Waals surface area (Å²) in [5.41, 5.74) is 1.15. The number of piperidine rings is 1. The first-order valence-electron chi connectivity index (χ1n) is 9.25. The van der Waals surface area contributed by atoms with Crippen molar-refractivity contribution in [3.8, 4) is 0 Å². The first-order chi connectivity index (χ1) is 13.4. The van der Waals surface area contributed by atoms with Gasteiger partial charge in [0.25, 0.3) is 0 Å². The molecule has 0 amide bonds. The number of anilines is 1. The number of hydrogen-bond donors (Lipinski definition) is 1. The molecular weight excluding hydrogens is 367 g/mol. The lowest BCUT2D eigenvalue weighted by Crippen LogP contribution is -2.36. The van der Waals surface area contributed by atoms with E-state index in [-0.39, 0.29) is 11.4 Å². The van der Waals surface area contributed by atoms with E-state index in [1.165, 1.54) is 0 Å². The molecule has 1 aromatic heterocycles. The number of aliphatic hydroxyl groups excluding tert-OH is 1. The highest BCUT2D eigenvalue weighted by Gasteiger charge is 2.36. The number of hydrogen-bond acceptors (Lipinski definition) is 4. The topological polar surface area (TPSA) is 49.2 Å². The number of nitrogens with zero attached hydrogens (tertiary/aromatic N) is 3. The number of fused-ring (bicyclic) bond motifs is 1. The number of alkyl halides is 3. The molecule has 2 heterocycles. The summed E-state index contributed by atoms with van der Waals surface area (Å²) in [6, 6.07) is 16.2. The van der Waals surface area contributed by atoms with E-state index in [1.807, 2.05) is 35.2 Å². The Hall–Kier alpha value is -2.67. The first kappa shape index (κ1) is 18.7. The fourth-order valence-electron chi connectivity index (χ4n) is 3.78. The van der Waals surface area contributed by atoms with Gasteiger partial charge in [0.15, 0.2) is 0 Å². The zero-order chi connectivity index (χ0) is 19.7. The highest BCUT2D eigenvalue weighted by atomic mass is 19.4. The number of halogens is 3. The van der Waals surface area contributed by atoms with Crippen LogP contribution in [0.5, 0.6) is 0 Å². The largest absolute Gasteiger partial charge is 0.451 e. The Labute approximate surface area is 160 Å². The van der Waals surface area contributed by atoms with Crippen molar-refractivity contribution in [2.45, 2.75) is 25.1 Å². The molecule has 0 saturated carbocycles. The first-order valence-corrected chi connectivity index (χ1v) is 9.25. The Morgan fingerprint density at radius 3 is 2.25 bits per heavy atom. The molecular formula is C21H20F3N3O. The minimum atomic E-state index is -4.60. The second-order valence-corrected chi connectivity index (χ2v) is 7.07. The second-order valence-electron chi connectivity index (χ2n) is 7.07. The van der Waals surface area contributed by atoms with Crippen LogP contribution >= 0.6 is 0 Å². The lowest BCUT2D eigenvalue weighted by atomic mass is 9.87. The molecule has 1 aliphatic rings. The van der Waals surface area contributed by atoms with Crippen LogP contribution in [0.15, 0.2) is 54.6 Å². The number of para-hydroxylation sites is 1. The van der Waals surface area contributed by atoms with Gasteiger partial charge < -0.3 is 10.0 Å². The molecule has 0 spiro atoms. The van der Waals surface area contributed by atoms with E-state index in [9.17, 15) is 18.3 Å². The second kappa shape index (κ2) is 7.39. The quantitative estimate of drug-likeness (QED) is 0.714. The van der Waals surface area contributed by atoms with Gasteiger partial charge in [0.2, 0.25) is 5.82 Å². The highest BCUT2D eigenvalue weighted by Crippen LogP contribution is 2.35. The molecule has 0 radical (unpaired) electrons. The molecule has 1 aliphatic heterocycles. The van der Waals surface area contributed by atoms with E-state index in [1.54, 1.807) is 24.3 Å². The minimum Gasteiger partial charge on any atom is -0.388 e. The highest BCUT2D eigenvalue weighted by molar-refractivity contribution is 5.89. The molecule has 1 fully saturated rings. The Morgan fingerprint density at radius 2 is 1.57 bits per heavy atom. The Balaban J connectivity index is 1.58. The number of aromatic nitrogens is 2. The zero-order valence-corrected chi connectivity index (χ0v) is 15.1. The summed E-state index contributed by atoms with van der Waals surface area (Å²) in [6.07, 6.45) is -3.82. The van der Waals surface area contributed by atoms with Crippen molar-refractivity contribution in [1.82, 2.24) is 9.97 Å². The van der Waals surface area contributed by atoms with E-state index in [0.717, 1.165) is 5.56 Å². The van der Waals surface area contributed by atoms with Crippen molar-refractivity contribution < 1.29 is 18.3 Å². The van der Waals surface area contributed by atoms with Gasteiger partial charge >= 0.3 is 6.18 Å². The molecule has 0 bridgehead atoms. The van der Waals surface area contributed by atoms with Crippen molar-refractivity contribution in [2.75, 3.05) is 18.0 Å². The number of benzene rings is 2. The van der Waals surface area contributed by atoms with Crippen LogP contribution < -0.4 is 4.90 Å². The molecule has 1 atom stereocenters. The summed E-state index contributed by atoms with van der Waals surface area (Å²) in [5.74, 6) is -0.743. The maximum atomic E-state index is 13.2. The van der Waals surface area contributed by atoms with Crippen LogP contribution in [0.25, 0.3) is 10.9 Å². The summed E-state index contributed by atoms with van der Waals surface area (Å²) in [5, 5.41) is 11.2. The molecule has 1 N–H and O–H groups in total. The number of aliphatic hydroxyl groups is 1. The lowest BCUT2D eigenvalue weighted by molar-refractivity contribution is -0.144. The molecule has 4 nitrogen and oxygen atoms in total. The van der Waals surface area contributed by atoms with Crippen molar-refractivity contribution in [1.29, 1.82) is 0 Å². The van der Waals surface area contributed by atoms with Crippen molar-refractivity contribution in [3.63, 3.8) is 0 Å². The van der Waals surface area contributed by atoms with Gasteiger partial charge in [-0.15, -0.1) is 0 Å². The normalized spacial score (nSPS) is 17.1. The third-order valence-electron chi connectivity index (χ3n) is 5.26. The van der Waals surface area contributed by atoms with Crippen LogP contribution in [0.3, 0.4) is 0 Å². The molecule has 3 aromatic rings. The summed E-state index contributed by atoms with van der Waals surface area (Å²) < 4.78 is 39.7.